The van der Waals surface area contributed by atoms with Gasteiger partial charge in [0.05, 0.1) is 30.4 Å². The maximum absolute atomic E-state index is 13.4. The highest BCUT2D eigenvalue weighted by molar-refractivity contribution is 14.1. The molecule has 6 rings (SSSR count). The first-order chi connectivity index (χ1) is 22.6. The van der Waals surface area contributed by atoms with Gasteiger partial charge in [0, 0.05) is 35.4 Å². The minimum absolute atomic E-state index is 0.209. The van der Waals surface area contributed by atoms with Crippen molar-refractivity contribution in [3.63, 3.8) is 0 Å². The number of aromatic amines is 1. The number of halogens is 1. The van der Waals surface area contributed by atoms with Gasteiger partial charge in [0.2, 0.25) is 0 Å². The van der Waals surface area contributed by atoms with Crippen LogP contribution in [-0.4, -0.2) is 42.8 Å². The number of urea groups is 1. The lowest BCUT2D eigenvalue weighted by Gasteiger charge is -2.15. The van der Waals surface area contributed by atoms with Gasteiger partial charge in [-0.2, -0.15) is 5.10 Å². The number of benzene rings is 3. The molecule has 0 unspecified atom stereocenters. The number of carbonyl (C=O) groups is 1. The van der Waals surface area contributed by atoms with Crippen molar-refractivity contribution in [2.75, 3.05) is 22.6 Å². The van der Waals surface area contributed by atoms with Crippen LogP contribution >= 0.6 is 22.6 Å². The summed E-state index contributed by atoms with van der Waals surface area (Å²) < 4.78 is 19.4. The van der Waals surface area contributed by atoms with E-state index in [2.05, 4.69) is 46.4 Å². The van der Waals surface area contributed by atoms with Crippen LogP contribution in [0.3, 0.4) is 0 Å². The predicted octanol–water partition coefficient (Wildman–Crippen LogP) is 7.24. The van der Waals surface area contributed by atoms with Crippen molar-refractivity contribution in [1.82, 2.24) is 24.7 Å². The summed E-state index contributed by atoms with van der Waals surface area (Å²) in [5.41, 5.74) is 3.43. The van der Waals surface area contributed by atoms with Gasteiger partial charge in [-0.3, -0.25) is 10.1 Å². The van der Waals surface area contributed by atoms with E-state index in [1.807, 2.05) is 83.3 Å². The SMILES string of the molecule is COc1ccc(-n2nc(C(C)(C)C)cc2NC(=O)Nc2ccc(OCc3ccnc4[nH]c(=O)cnc34)c3ccccc23)cc1.[2H]CI. The number of rotatable bonds is 7. The molecule has 46 heavy (non-hydrogen) atoms. The molecule has 0 saturated heterocycles. The Morgan fingerprint density at radius 1 is 1.02 bits per heavy atom. The molecule has 3 aromatic heterocycles. The number of anilines is 2. The molecule has 0 aliphatic carbocycles. The average Bonchev–Trinajstić information content (AvgIpc) is 3.49. The molecule has 3 N–H and O–H groups in total. The Bertz CT molecular complexity index is 2070. The number of H-pyrrole nitrogens is 1. The number of nitrogens with zero attached hydrogens (tertiary/aromatic N) is 4. The lowest BCUT2D eigenvalue weighted by molar-refractivity contribution is 0.262. The van der Waals surface area contributed by atoms with E-state index in [4.69, 9.17) is 15.9 Å². The third-order valence-corrected chi connectivity index (χ3v) is 7.11. The predicted molar refractivity (Wildman–Crippen MR) is 190 cm³/mol. The molecule has 0 saturated carbocycles. The molecule has 0 atom stereocenters. The molecule has 236 valence electrons. The summed E-state index contributed by atoms with van der Waals surface area (Å²) >= 11 is 1.96. The highest BCUT2D eigenvalue weighted by Gasteiger charge is 2.22. The van der Waals surface area contributed by atoms with Gasteiger partial charge in [0.15, 0.2) is 5.65 Å². The lowest BCUT2D eigenvalue weighted by atomic mass is 9.92. The summed E-state index contributed by atoms with van der Waals surface area (Å²) in [6.07, 6.45) is 2.83. The van der Waals surface area contributed by atoms with Gasteiger partial charge >= 0.3 is 6.03 Å². The van der Waals surface area contributed by atoms with Crippen LogP contribution in [0.5, 0.6) is 11.5 Å². The third kappa shape index (κ3) is 7.12. The molecule has 6 aromatic rings. The molecule has 0 radical (unpaired) electrons. The fraction of sp³-hybridized carbons (Fsp3) is 0.206. The number of fused-ring (bicyclic) bond motifs is 2. The maximum atomic E-state index is 13.4. The zero-order valence-corrected chi connectivity index (χ0v) is 28.0. The largest absolute Gasteiger partial charge is 0.497 e. The average molecular weight is 733 g/mol. The highest BCUT2D eigenvalue weighted by Crippen LogP contribution is 2.33. The van der Waals surface area contributed by atoms with E-state index >= 15 is 0 Å². The van der Waals surface area contributed by atoms with E-state index in [0.29, 0.717) is 33.3 Å². The van der Waals surface area contributed by atoms with Crippen molar-refractivity contribution in [3.05, 3.63) is 107 Å². The van der Waals surface area contributed by atoms with Crippen molar-refractivity contribution in [2.24, 2.45) is 0 Å². The molecule has 2 amide bonds. The van der Waals surface area contributed by atoms with Crippen LogP contribution in [-0.2, 0) is 12.0 Å². The number of hydrogen-bond donors (Lipinski definition) is 3. The van der Waals surface area contributed by atoms with Crippen molar-refractivity contribution < 1.29 is 15.6 Å². The van der Waals surface area contributed by atoms with Crippen LogP contribution in [0.15, 0.2) is 90.0 Å². The van der Waals surface area contributed by atoms with Crippen LogP contribution in [0, 0.1) is 0 Å². The zero-order chi connectivity index (χ0) is 33.6. The molecule has 0 aliphatic rings. The maximum Gasteiger partial charge on any atom is 0.324 e. The van der Waals surface area contributed by atoms with Crippen molar-refractivity contribution >= 4 is 62.1 Å². The first kappa shape index (κ1) is 31.0. The number of aromatic nitrogens is 5. The fourth-order valence-electron chi connectivity index (χ4n) is 4.81. The fourth-order valence-corrected chi connectivity index (χ4v) is 4.81. The Kier molecular flexibility index (Phi) is 9.43. The van der Waals surface area contributed by atoms with E-state index < -0.39 is 6.03 Å². The number of amides is 2. The van der Waals surface area contributed by atoms with E-state index in [9.17, 15) is 9.59 Å². The van der Waals surface area contributed by atoms with Gasteiger partial charge in [-0.05, 0) is 47.4 Å². The monoisotopic (exact) mass is 732 g/mol. The number of alkyl halides is 1. The molecule has 11 nitrogen and oxygen atoms in total. The third-order valence-electron chi connectivity index (χ3n) is 7.11. The smallest absolute Gasteiger partial charge is 0.324 e. The second-order valence-corrected chi connectivity index (χ2v) is 11.2. The molecule has 3 aromatic carbocycles. The van der Waals surface area contributed by atoms with Gasteiger partial charge in [-0.25, -0.2) is 19.4 Å². The number of methoxy groups -OCH3 is 1. The summed E-state index contributed by atoms with van der Waals surface area (Å²) in [6.45, 7) is 6.42. The van der Waals surface area contributed by atoms with Crippen LogP contribution in [0.4, 0.5) is 16.3 Å². The topological polar surface area (TPSA) is 136 Å². The van der Waals surface area contributed by atoms with Gasteiger partial charge in [0.1, 0.15) is 29.4 Å². The standard InChI is InChI=1S/C33H31N7O4.CH3I/c1-33(2,3)27-17-28(40(39-27)21-9-11-22(43-4)12-10-21)37-32(42)36-25-13-14-26(24-8-6-5-7-23(24)25)44-19-20-15-16-34-31-30(20)35-18-29(41)38-31;1-2/h5-18H,19H2,1-4H3,(H,34,38,41)(H2,36,37,42);1H3/i;1D. The molecule has 3 heterocycles. The van der Waals surface area contributed by atoms with Crippen molar-refractivity contribution in [1.29, 1.82) is 0 Å². The molecule has 0 fully saturated rings. The first-order valence-corrected chi connectivity index (χ1v) is 15.8. The molecule has 0 spiro atoms. The number of hydrogen-bond acceptors (Lipinski definition) is 7. The van der Waals surface area contributed by atoms with Gasteiger partial charge in [-0.15, -0.1) is 0 Å². The molecular formula is C34H34IN7O4. The van der Waals surface area contributed by atoms with Gasteiger partial charge in [0.25, 0.3) is 5.56 Å². The van der Waals surface area contributed by atoms with Crippen LogP contribution in [0.25, 0.3) is 27.6 Å². The first-order valence-electron chi connectivity index (χ1n) is 15.0. The minimum Gasteiger partial charge on any atom is -0.497 e. The Labute approximate surface area is 280 Å². The molecule has 12 heteroatoms. The van der Waals surface area contributed by atoms with Crippen molar-refractivity contribution in [2.45, 2.75) is 32.8 Å². The van der Waals surface area contributed by atoms with Crippen LogP contribution < -0.4 is 25.7 Å². The Morgan fingerprint density at radius 2 is 1.76 bits per heavy atom. The van der Waals surface area contributed by atoms with E-state index in [0.717, 1.165) is 33.5 Å². The second-order valence-electron chi connectivity index (χ2n) is 11.2. The van der Waals surface area contributed by atoms with Crippen molar-refractivity contribution in [3.8, 4) is 17.2 Å². The van der Waals surface area contributed by atoms with Crippen LogP contribution in [0.1, 0.15) is 33.4 Å². The van der Waals surface area contributed by atoms with Gasteiger partial charge in [-0.1, -0.05) is 67.6 Å². The lowest BCUT2D eigenvalue weighted by Crippen LogP contribution is -2.21. The zero-order valence-electron chi connectivity index (χ0n) is 26.8. The summed E-state index contributed by atoms with van der Waals surface area (Å²) in [6, 6.07) is 22.0. The summed E-state index contributed by atoms with van der Waals surface area (Å²) in [4.78, 5) is 36.6. The quantitative estimate of drug-likeness (QED) is 0.116. The Morgan fingerprint density at radius 3 is 2.48 bits per heavy atom. The Balaban J connectivity index is 0.00000139. The number of ether oxygens (including phenoxy) is 2. The number of pyridine rings is 1. The summed E-state index contributed by atoms with van der Waals surface area (Å²) in [5, 5.41) is 12.4. The molecular weight excluding hydrogens is 697 g/mol. The highest BCUT2D eigenvalue weighted by atomic mass is 127. The minimum atomic E-state index is -0.415. The van der Waals surface area contributed by atoms with Crippen LogP contribution in [0.2, 0.25) is 0 Å². The van der Waals surface area contributed by atoms with E-state index in [1.165, 1.54) is 6.20 Å². The summed E-state index contributed by atoms with van der Waals surface area (Å²) in [5.74, 6) is 1.89. The van der Waals surface area contributed by atoms with E-state index in [-0.39, 0.29) is 17.6 Å². The van der Waals surface area contributed by atoms with Gasteiger partial charge < -0.3 is 19.8 Å². The molecule has 0 bridgehead atoms. The normalized spacial score (nSPS) is 11.4. The Hall–Kier alpha value is -4.98. The number of nitrogens with one attached hydrogen (secondary N) is 3. The number of carbonyl (C=O) groups excluding carboxylic acids is 1. The molecule has 0 aliphatic heterocycles. The second kappa shape index (κ2) is 14.0. The van der Waals surface area contributed by atoms with E-state index in [1.54, 1.807) is 30.1 Å². The summed E-state index contributed by atoms with van der Waals surface area (Å²) in [7, 11) is 1.62.